The van der Waals surface area contributed by atoms with Gasteiger partial charge in [-0.3, -0.25) is 9.79 Å². The Morgan fingerprint density at radius 1 is 1.10 bits per heavy atom. The molecule has 0 saturated carbocycles. The van der Waals surface area contributed by atoms with Crippen molar-refractivity contribution in [2.24, 2.45) is 4.99 Å². The van der Waals surface area contributed by atoms with Crippen LogP contribution >= 0.6 is 11.3 Å². The number of Topliss-reactive ketones (excluding diaryl/α,β-unsaturated/α-hetero) is 1. The molecule has 1 saturated heterocycles. The molecule has 41 heavy (non-hydrogen) atoms. The monoisotopic (exact) mass is 582 g/mol. The van der Waals surface area contributed by atoms with Crippen LogP contribution in [0, 0.1) is 13.8 Å². The van der Waals surface area contributed by atoms with Crippen LogP contribution in [0.3, 0.4) is 0 Å². The molecule has 0 aliphatic carbocycles. The number of anilines is 2. The second-order valence-corrected chi connectivity index (χ2v) is 11.0. The molecule has 1 N–H and O–H groups in total. The number of carbonyl (C=O) groups excluding carboxylic acids is 1. The van der Waals surface area contributed by atoms with E-state index in [4.69, 9.17) is 14.1 Å². The van der Waals surface area contributed by atoms with E-state index in [9.17, 15) is 18.0 Å². The highest BCUT2D eigenvalue weighted by atomic mass is 32.1. The van der Waals surface area contributed by atoms with Crippen molar-refractivity contribution in [1.82, 2.24) is 15.2 Å². The summed E-state index contributed by atoms with van der Waals surface area (Å²) < 4.78 is 51.6. The quantitative estimate of drug-likeness (QED) is 0.348. The lowest BCUT2D eigenvalue weighted by molar-refractivity contribution is -0.137. The fraction of sp³-hybridized carbons (Fsp3) is 0.321. The number of ether oxygens (including phenoxy) is 1. The highest BCUT2D eigenvalue weighted by molar-refractivity contribution is 7.12. The Bertz CT molecular complexity index is 1630. The van der Waals surface area contributed by atoms with Crippen LogP contribution < -0.4 is 10.2 Å². The second-order valence-electron chi connectivity index (χ2n) is 9.72. The summed E-state index contributed by atoms with van der Waals surface area (Å²) in [7, 11) is 0. The number of nitrogens with zero attached hydrogens (tertiary/aromatic N) is 5. The number of rotatable bonds is 5. The van der Waals surface area contributed by atoms with Crippen molar-refractivity contribution in [2.75, 3.05) is 36.5 Å². The van der Waals surface area contributed by atoms with Crippen LogP contribution in [0.25, 0.3) is 11.6 Å². The maximum Gasteiger partial charge on any atom is 0.417 e. The number of benzene rings is 1. The fourth-order valence-corrected chi connectivity index (χ4v) is 6.08. The summed E-state index contributed by atoms with van der Waals surface area (Å²) in [5.74, 6) is -0.263. The number of aliphatic imine (C=N–C) groups is 1. The van der Waals surface area contributed by atoms with Gasteiger partial charge in [-0.15, -0.1) is 16.4 Å². The van der Waals surface area contributed by atoms with Crippen molar-refractivity contribution in [1.29, 1.82) is 0 Å². The molecular formula is C28H25F3N6O3S. The Kier molecular flexibility index (Phi) is 7.08. The average Bonchev–Trinajstić information content (AvgIpc) is 3.50. The first-order valence-corrected chi connectivity index (χ1v) is 13.8. The highest BCUT2D eigenvalue weighted by Gasteiger charge is 2.34. The zero-order valence-corrected chi connectivity index (χ0v) is 23.0. The van der Waals surface area contributed by atoms with Crippen LogP contribution in [0.2, 0.25) is 0 Å². The lowest BCUT2D eigenvalue weighted by Gasteiger charge is -2.30. The van der Waals surface area contributed by atoms with Crippen LogP contribution in [0.15, 0.2) is 52.0 Å². The molecule has 3 aromatic heterocycles. The minimum absolute atomic E-state index is 0.0818. The van der Waals surface area contributed by atoms with Gasteiger partial charge >= 0.3 is 12.2 Å². The van der Waals surface area contributed by atoms with E-state index in [2.05, 4.69) is 20.5 Å². The highest BCUT2D eigenvalue weighted by Crippen LogP contribution is 2.37. The van der Waals surface area contributed by atoms with Gasteiger partial charge in [-0.25, -0.2) is 4.98 Å². The number of aromatic nitrogens is 3. The first-order valence-electron chi connectivity index (χ1n) is 12.9. The summed E-state index contributed by atoms with van der Waals surface area (Å²) >= 11 is 1.58. The lowest BCUT2D eigenvalue weighted by atomic mass is 9.98. The van der Waals surface area contributed by atoms with E-state index in [1.165, 1.54) is 0 Å². The molecule has 9 nitrogen and oxygen atoms in total. The molecule has 4 aromatic rings. The average molecular weight is 583 g/mol. The second kappa shape index (κ2) is 10.7. The largest absolute Gasteiger partial charge is 0.417 e. The molecule has 212 valence electrons. The number of carbonyl (C=O) groups is 1. The molecule has 1 fully saturated rings. The van der Waals surface area contributed by atoms with Crippen molar-refractivity contribution >= 4 is 34.5 Å². The first-order chi connectivity index (χ1) is 19.7. The van der Waals surface area contributed by atoms with Crippen molar-refractivity contribution in [3.8, 4) is 11.6 Å². The Morgan fingerprint density at radius 3 is 2.59 bits per heavy atom. The van der Waals surface area contributed by atoms with Gasteiger partial charge in [-0.1, -0.05) is 35.4 Å². The minimum atomic E-state index is -4.57. The number of alkyl halides is 3. The number of morpholine rings is 1. The molecular weight excluding hydrogens is 557 g/mol. The zero-order valence-electron chi connectivity index (χ0n) is 22.2. The number of ketones is 1. The number of thiophene rings is 1. The maximum absolute atomic E-state index is 13.5. The molecule has 1 aromatic carbocycles. The summed E-state index contributed by atoms with van der Waals surface area (Å²) in [6.07, 6.45) is -4.67. The smallest absolute Gasteiger partial charge is 0.402 e. The van der Waals surface area contributed by atoms with Gasteiger partial charge in [0.05, 0.1) is 30.2 Å². The Labute approximate surface area is 237 Å². The summed E-state index contributed by atoms with van der Waals surface area (Å²) in [5, 5.41) is 11.0. The summed E-state index contributed by atoms with van der Waals surface area (Å²) in [6.45, 7) is 5.54. The normalized spacial score (nSPS) is 17.7. The van der Waals surface area contributed by atoms with Crippen molar-refractivity contribution in [3.63, 3.8) is 0 Å². The number of pyridine rings is 1. The summed E-state index contributed by atoms with van der Waals surface area (Å²) in [5.41, 5.74) is 3.01. The van der Waals surface area contributed by atoms with Gasteiger partial charge in [-0.05, 0) is 25.5 Å². The number of nitrogens with one attached hydrogen (secondary N) is 1. The van der Waals surface area contributed by atoms with Crippen molar-refractivity contribution in [2.45, 2.75) is 32.6 Å². The summed E-state index contributed by atoms with van der Waals surface area (Å²) in [4.78, 5) is 26.0. The van der Waals surface area contributed by atoms with E-state index in [1.54, 1.807) is 16.2 Å². The number of aryl methyl sites for hydroxylation is 1. The fourth-order valence-electron chi connectivity index (χ4n) is 4.89. The molecule has 2 aliphatic rings. The van der Waals surface area contributed by atoms with E-state index < -0.39 is 17.9 Å². The first kappa shape index (κ1) is 27.1. The Morgan fingerprint density at radius 2 is 1.85 bits per heavy atom. The minimum Gasteiger partial charge on any atom is -0.402 e. The maximum atomic E-state index is 13.5. The Hall–Kier alpha value is -4.10. The third kappa shape index (κ3) is 5.34. The van der Waals surface area contributed by atoms with E-state index in [0.717, 1.165) is 38.7 Å². The molecule has 13 heteroatoms. The molecule has 0 bridgehead atoms. The van der Waals surface area contributed by atoms with E-state index in [-0.39, 0.29) is 35.5 Å². The molecule has 0 radical (unpaired) electrons. The predicted molar refractivity (Wildman–Crippen MR) is 148 cm³/mol. The molecule has 1 atom stereocenters. The predicted octanol–water partition coefficient (Wildman–Crippen LogP) is 5.07. The van der Waals surface area contributed by atoms with Gasteiger partial charge in [0.25, 0.3) is 5.89 Å². The molecule has 0 spiro atoms. The molecule has 0 unspecified atom stereocenters. The Balaban J connectivity index is 1.35. The van der Waals surface area contributed by atoms with Crippen LogP contribution in [0.5, 0.6) is 0 Å². The number of fused-ring (bicyclic) bond motifs is 1. The lowest BCUT2D eigenvalue weighted by Crippen LogP contribution is -2.36. The van der Waals surface area contributed by atoms with Gasteiger partial charge in [0.1, 0.15) is 0 Å². The van der Waals surface area contributed by atoms with Crippen LogP contribution in [0.1, 0.15) is 32.0 Å². The van der Waals surface area contributed by atoms with E-state index in [1.807, 2.05) is 44.2 Å². The molecule has 2 aliphatic heterocycles. The number of hydrogen-bond acceptors (Lipinski definition) is 10. The molecule has 5 heterocycles. The summed E-state index contributed by atoms with van der Waals surface area (Å²) in [6, 6.07) is 10.5. The topological polar surface area (TPSA) is 106 Å². The van der Waals surface area contributed by atoms with Gasteiger partial charge in [-0.2, -0.15) is 13.2 Å². The van der Waals surface area contributed by atoms with Gasteiger partial charge in [0.15, 0.2) is 17.6 Å². The van der Waals surface area contributed by atoms with E-state index in [0.29, 0.717) is 32.0 Å². The zero-order chi connectivity index (χ0) is 28.7. The van der Waals surface area contributed by atoms with Gasteiger partial charge < -0.3 is 19.4 Å². The number of hydrogen-bond donors (Lipinski definition) is 1. The van der Waals surface area contributed by atoms with Crippen LogP contribution in [-0.4, -0.2) is 59.1 Å². The molecule has 0 amide bonds. The van der Waals surface area contributed by atoms with Crippen LogP contribution in [0.4, 0.5) is 24.9 Å². The third-order valence-electron chi connectivity index (χ3n) is 7.07. The van der Waals surface area contributed by atoms with Crippen LogP contribution in [-0.2, 0) is 22.1 Å². The number of halogens is 3. The standard InChI is InChI=1S/C28H25F3N6O3S/c1-15-16(2)41-21-13-20(38)25(33-23(22(15)21)17-6-4-3-5-7-17)34-27-36-35-26(40-27)24-19(37-8-10-39-11-9-37)12-18(14-32-24)28(29,30)31/h3-7,12,14,25H,8-11,13H2,1-2H3,(H,34,36)/t25-/m1/s1. The third-order valence-corrected chi connectivity index (χ3v) is 8.28. The molecule has 6 rings (SSSR count). The van der Waals surface area contributed by atoms with Gasteiger partial charge in [0, 0.05) is 46.6 Å². The van der Waals surface area contributed by atoms with Crippen molar-refractivity contribution in [3.05, 3.63) is 74.6 Å². The van der Waals surface area contributed by atoms with Crippen molar-refractivity contribution < 1.29 is 27.1 Å². The SMILES string of the molecule is Cc1sc2c(c1C)C(c1ccccc1)=N[C@H](Nc1nnc(-c3ncc(C(F)(F)F)cc3N3CCOCC3)o1)C(=O)C2. The van der Waals surface area contributed by atoms with Gasteiger partial charge in [0.2, 0.25) is 0 Å². The van der Waals surface area contributed by atoms with E-state index >= 15 is 0 Å².